The van der Waals surface area contributed by atoms with Gasteiger partial charge in [0, 0.05) is 57.2 Å². The zero-order valence-electron chi connectivity index (χ0n) is 22.7. The first-order valence-corrected chi connectivity index (χ1v) is 14.1. The third-order valence-electron chi connectivity index (χ3n) is 7.22. The topological polar surface area (TPSA) is 57.3 Å². The molecule has 2 heterocycles. The first-order chi connectivity index (χ1) is 18.2. The van der Waals surface area contributed by atoms with Crippen LogP contribution in [0.3, 0.4) is 0 Å². The molecule has 0 radical (unpaired) electrons. The molecule has 2 aliphatic rings. The van der Waals surface area contributed by atoms with Gasteiger partial charge in [0.2, 0.25) is 0 Å². The lowest BCUT2D eigenvalue weighted by atomic mass is 9.98. The van der Waals surface area contributed by atoms with Crippen LogP contribution in [0.4, 0.5) is 16.2 Å². The maximum atomic E-state index is 13.4. The maximum Gasteiger partial charge on any atom is 0.322 e. The summed E-state index contributed by atoms with van der Waals surface area (Å²) in [4.78, 5) is 20.3. The van der Waals surface area contributed by atoms with Gasteiger partial charge in [0.15, 0.2) is 0 Å². The molecule has 0 spiro atoms. The molecule has 0 saturated carbocycles. The van der Waals surface area contributed by atoms with Crippen molar-refractivity contribution < 1.29 is 14.3 Å². The number of ether oxygens (including phenoxy) is 2. The summed E-state index contributed by atoms with van der Waals surface area (Å²) in [5, 5.41) is 3.10. The molecule has 2 aliphatic heterocycles. The van der Waals surface area contributed by atoms with Gasteiger partial charge in [-0.25, -0.2) is 4.79 Å². The largest absolute Gasteiger partial charge is 0.494 e. The predicted molar refractivity (Wildman–Crippen MR) is 151 cm³/mol. The summed E-state index contributed by atoms with van der Waals surface area (Å²) in [6.45, 7) is 12.9. The molecule has 0 unspecified atom stereocenters. The van der Waals surface area contributed by atoms with E-state index in [1.807, 2.05) is 36.1 Å². The third kappa shape index (κ3) is 8.11. The number of anilines is 2. The Balaban J connectivity index is 1.43. The molecular formula is C30H44N4O3. The molecule has 1 N–H and O–H groups in total. The predicted octanol–water partition coefficient (Wildman–Crippen LogP) is 5.39. The molecule has 202 valence electrons. The van der Waals surface area contributed by atoms with Gasteiger partial charge in [0.25, 0.3) is 0 Å². The minimum Gasteiger partial charge on any atom is -0.494 e. The fourth-order valence-electron chi connectivity index (χ4n) is 5.19. The third-order valence-corrected chi connectivity index (χ3v) is 7.22. The number of aryl methyl sites for hydroxylation is 1. The summed E-state index contributed by atoms with van der Waals surface area (Å²) in [6.07, 6.45) is 5.69. The Hall–Kier alpha value is -2.77. The highest BCUT2D eigenvalue weighted by Gasteiger charge is 2.20. The second kappa shape index (κ2) is 14.2. The van der Waals surface area contributed by atoms with E-state index >= 15 is 0 Å². The van der Waals surface area contributed by atoms with Gasteiger partial charge in [-0.15, -0.1) is 0 Å². The highest BCUT2D eigenvalue weighted by molar-refractivity contribution is 5.89. The molecule has 2 amide bonds. The Morgan fingerprint density at radius 2 is 1.84 bits per heavy atom. The van der Waals surface area contributed by atoms with E-state index in [9.17, 15) is 4.79 Å². The van der Waals surface area contributed by atoms with Crippen molar-refractivity contribution in [2.45, 2.75) is 52.5 Å². The van der Waals surface area contributed by atoms with Gasteiger partial charge in [-0.3, -0.25) is 4.90 Å². The number of fused-ring (bicyclic) bond motifs is 1. The molecule has 1 fully saturated rings. The van der Waals surface area contributed by atoms with Crippen LogP contribution in [-0.4, -0.2) is 74.9 Å². The normalized spacial score (nSPS) is 15.8. The van der Waals surface area contributed by atoms with Crippen molar-refractivity contribution in [3.05, 3.63) is 53.6 Å². The van der Waals surface area contributed by atoms with Crippen LogP contribution in [0.25, 0.3) is 0 Å². The van der Waals surface area contributed by atoms with Crippen molar-refractivity contribution in [1.82, 2.24) is 9.80 Å². The van der Waals surface area contributed by atoms with E-state index in [2.05, 4.69) is 40.2 Å². The number of urea groups is 1. The van der Waals surface area contributed by atoms with Crippen LogP contribution in [0.1, 0.15) is 50.7 Å². The van der Waals surface area contributed by atoms with Crippen LogP contribution in [0.5, 0.6) is 5.75 Å². The lowest BCUT2D eigenvalue weighted by Crippen LogP contribution is -2.40. The van der Waals surface area contributed by atoms with Gasteiger partial charge in [-0.2, -0.15) is 0 Å². The van der Waals surface area contributed by atoms with E-state index < -0.39 is 0 Å². The second-order valence-corrected chi connectivity index (χ2v) is 10.0. The number of carbonyl (C=O) groups excluding carboxylic acids is 1. The van der Waals surface area contributed by atoms with Crippen molar-refractivity contribution in [1.29, 1.82) is 0 Å². The Labute approximate surface area is 222 Å². The molecule has 7 heteroatoms. The quantitative estimate of drug-likeness (QED) is 0.416. The number of nitrogens with zero attached hydrogens (tertiary/aromatic N) is 3. The number of morpholine rings is 1. The lowest BCUT2D eigenvalue weighted by molar-refractivity contribution is 0.0365. The molecular weight excluding hydrogens is 464 g/mol. The summed E-state index contributed by atoms with van der Waals surface area (Å²) >= 11 is 0. The average Bonchev–Trinajstić information content (AvgIpc) is 2.93. The smallest absolute Gasteiger partial charge is 0.322 e. The Bertz CT molecular complexity index is 975. The molecule has 1 saturated heterocycles. The maximum absolute atomic E-state index is 13.4. The lowest BCUT2D eigenvalue weighted by Gasteiger charge is -2.32. The van der Waals surface area contributed by atoms with Crippen LogP contribution < -0.4 is 15.0 Å². The SMILES string of the molecule is CCCCN1CCCc2cc(CN(CCCN3CCOCC3)C(=O)Nc3ccc(OCC)cc3)ccc21. The van der Waals surface area contributed by atoms with Crippen LogP contribution in [0.2, 0.25) is 0 Å². The minimum atomic E-state index is -0.0616. The molecule has 0 atom stereocenters. The second-order valence-electron chi connectivity index (χ2n) is 10.0. The monoisotopic (exact) mass is 508 g/mol. The van der Waals surface area contributed by atoms with E-state index in [1.165, 1.54) is 36.1 Å². The standard InChI is InChI=1S/C30H44N4O3/c1-3-5-16-33-17-6-8-26-23-25(9-14-29(26)33)24-34(18-7-15-32-19-21-36-22-20-32)30(35)31-27-10-12-28(13-11-27)37-4-2/h9-14,23H,3-8,15-22,24H2,1-2H3,(H,31,35). The van der Waals surface area contributed by atoms with Crippen LogP contribution in [-0.2, 0) is 17.7 Å². The number of hydrogen-bond acceptors (Lipinski definition) is 5. The van der Waals surface area contributed by atoms with Crippen molar-refractivity contribution in [3.63, 3.8) is 0 Å². The Morgan fingerprint density at radius 3 is 2.59 bits per heavy atom. The van der Waals surface area contributed by atoms with Gasteiger partial charge in [-0.1, -0.05) is 25.5 Å². The van der Waals surface area contributed by atoms with Crippen molar-refractivity contribution in [2.24, 2.45) is 0 Å². The molecule has 7 nitrogen and oxygen atoms in total. The zero-order chi connectivity index (χ0) is 25.9. The summed E-state index contributed by atoms with van der Waals surface area (Å²) in [6, 6.07) is 14.3. The number of nitrogens with one attached hydrogen (secondary N) is 1. The fraction of sp³-hybridized carbons (Fsp3) is 0.567. The Morgan fingerprint density at radius 1 is 1.03 bits per heavy atom. The average molecular weight is 509 g/mol. The number of benzene rings is 2. The fourth-order valence-corrected chi connectivity index (χ4v) is 5.19. The molecule has 0 aliphatic carbocycles. The van der Waals surface area contributed by atoms with E-state index in [1.54, 1.807) is 0 Å². The van der Waals surface area contributed by atoms with E-state index in [0.29, 0.717) is 19.7 Å². The first-order valence-electron chi connectivity index (χ1n) is 14.1. The van der Waals surface area contributed by atoms with Gasteiger partial charge in [0.05, 0.1) is 19.8 Å². The van der Waals surface area contributed by atoms with E-state index in [-0.39, 0.29) is 6.03 Å². The molecule has 2 aromatic rings. The van der Waals surface area contributed by atoms with E-state index in [0.717, 1.165) is 70.2 Å². The summed E-state index contributed by atoms with van der Waals surface area (Å²) in [5.41, 5.74) is 4.77. The zero-order valence-corrected chi connectivity index (χ0v) is 22.7. The summed E-state index contributed by atoms with van der Waals surface area (Å²) < 4.78 is 11.0. The number of hydrogen-bond donors (Lipinski definition) is 1. The molecule has 37 heavy (non-hydrogen) atoms. The van der Waals surface area contributed by atoms with Crippen molar-refractivity contribution >= 4 is 17.4 Å². The van der Waals surface area contributed by atoms with Gasteiger partial charge in [0.1, 0.15) is 5.75 Å². The van der Waals surface area contributed by atoms with Crippen molar-refractivity contribution in [2.75, 3.05) is 69.3 Å². The highest BCUT2D eigenvalue weighted by atomic mass is 16.5. The first kappa shape index (κ1) is 27.3. The van der Waals surface area contributed by atoms with Crippen molar-refractivity contribution in [3.8, 4) is 5.75 Å². The number of rotatable bonds is 12. The Kier molecular flexibility index (Phi) is 10.5. The molecule has 0 aromatic heterocycles. The van der Waals surface area contributed by atoms with E-state index in [4.69, 9.17) is 9.47 Å². The number of carbonyl (C=O) groups is 1. The summed E-state index contributed by atoms with van der Waals surface area (Å²) in [5.74, 6) is 0.810. The molecule has 2 aromatic carbocycles. The van der Waals surface area contributed by atoms with Gasteiger partial charge in [-0.05, 0) is 74.1 Å². The highest BCUT2D eigenvalue weighted by Crippen LogP contribution is 2.29. The minimum absolute atomic E-state index is 0.0616. The number of unbranched alkanes of at least 4 members (excludes halogenated alkanes) is 1. The number of amides is 2. The van der Waals surface area contributed by atoms with Gasteiger partial charge >= 0.3 is 6.03 Å². The van der Waals surface area contributed by atoms with Gasteiger partial charge < -0.3 is 24.6 Å². The molecule has 4 rings (SSSR count). The van der Waals surface area contributed by atoms with Crippen LogP contribution in [0, 0.1) is 0 Å². The van der Waals surface area contributed by atoms with Crippen LogP contribution in [0.15, 0.2) is 42.5 Å². The summed E-state index contributed by atoms with van der Waals surface area (Å²) in [7, 11) is 0. The molecule has 0 bridgehead atoms. The van der Waals surface area contributed by atoms with Crippen LogP contribution >= 0.6 is 0 Å².